The molecule has 0 unspecified atom stereocenters. The molecule has 0 atom stereocenters. The molecule has 1 aromatic carbocycles. The first kappa shape index (κ1) is 16.3. The SMILES string of the molecule is CC(C)NC(=O)C1(NC(=O)NCc2ccccc2)CCCC1. The highest BCUT2D eigenvalue weighted by Crippen LogP contribution is 2.30. The Labute approximate surface area is 131 Å². The first-order valence-electron chi connectivity index (χ1n) is 7.93. The number of hydrogen-bond acceptors (Lipinski definition) is 2. The van der Waals surface area contributed by atoms with Crippen LogP contribution in [0.25, 0.3) is 0 Å². The number of urea groups is 1. The van der Waals surface area contributed by atoms with Gasteiger partial charge in [-0.1, -0.05) is 43.2 Å². The molecule has 1 aliphatic rings. The molecule has 3 N–H and O–H groups in total. The quantitative estimate of drug-likeness (QED) is 0.781. The van der Waals surface area contributed by atoms with Crippen molar-refractivity contribution in [3.63, 3.8) is 0 Å². The average Bonchev–Trinajstić information content (AvgIpc) is 2.95. The van der Waals surface area contributed by atoms with Crippen LogP contribution >= 0.6 is 0 Å². The van der Waals surface area contributed by atoms with Crippen LogP contribution in [0.1, 0.15) is 45.1 Å². The maximum absolute atomic E-state index is 12.4. The summed E-state index contributed by atoms with van der Waals surface area (Å²) in [4.78, 5) is 24.6. The van der Waals surface area contributed by atoms with Crippen molar-refractivity contribution in [3.05, 3.63) is 35.9 Å². The number of rotatable bonds is 5. The summed E-state index contributed by atoms with van der Waals surface area (Å²) in [7, 11) is 0. The number of carbonyl (C=O) groups excluding carboxylic acids is 2. The first-order chi connectivity index (χ1) is 10.5. The zero-order chi connectivity index (χ0) is 16.0. The van der Waals surface area contributed by atoms with E-state index < -0.39 is 5.54 Å². The van der Waals surface area contributed by atoms with Crippen LogP contribution in [0, 0.1) is 0 Å². The normalized spacial score (nSPS) is 16.3. The Bertz CT molecular complexity index is 508. The van der Waals surface area contributed by atoms with Gasteiger partial charge in [-0.2, -0.15) is 0 Å². The van der Waals surface area contributed by atoms with Crippen molar-refractivity contribution < 1.29 is 9.59 Å². The summed E-state index contributed by atoms with van der Waals surface area (Å²) in [6, 6.07) is 9.50. The third-order valence-electron chi connectivity index (χ3n) is 3.96. The predicted octanol–water partition coefficient (Wildman–Crippen LogP) is 2.32. The zero-order valence-electron chi connectivity index (χ0n) is 13.3. The molecule has 0 spiro atoms. The van der Waals surface area contributed by atoms with Crippen molar-refractivity contribution in [2.45, 2.75) is 57.7 Å². The first-order valence-corrected chi connectivity index (χ1v) is 7.93. The maximum Gasteiger partial charge on any atom is 0.315 e. The Morgan fingerprint density at radius 3 is 2.36 bits per heavy atom. The lowest BCUT2D eigenvalue weighted by Crippen LogP contribution is -2.60. The van der Waals surface area contributed by atoms with Gasteiger partial charge < -0.3 is 16.0 Å². The van der Waals surface area contributed by atoms with Gasteiger partial charge in [0.1, 0.15) is 5.54 Å². The molecule has 1 fully saturated rings. The Morgan fingerprint density at radius 1 is 1.14 bits per heavy atom. The van der Waals surface area contributed by atoms with Crippen molar-refractivity contribution in [2.75, 3.05) is 0 Å². The second-order valence-corrected chi connectivity index (χ2v) is 6.21. The van der Waals surface area contributed by atoms with Gasteiger partial charge in [-0.15, -0.1) is 0 Å². The van der Waals surface area contributed by atoms with Gasteiger partial charge >= 0.3 is 6.03 Å². The Balaban J connectivity index is 1.93. The standard InChI is InChI=1S/C17H25N3O2/c1-13(2)19-15(21)17(10-6-7-11-17)20-16(22)18-12-14-8-4-3-5-9-14/h3-5,8-9,13H,6-7,10-12H2,1-2H3,(H,19,21)(H2,18,20,22). The Morgan fingerprint density at radius 2 is 1.77 bits per heavy atom. The van der Waals surface area contributed by atoms with Crippen molar-refractivity contribution in [1.29, 1.82) is 0 Å². The predicted molar refractivity (Wildman–Crippen MR) is 86.3 cm³/mol. The van der Waals surface area contributed by atoms with Crippen LogP contribution in [0.15, 0.2) is 30.3 Å². The fourth-order valence-electron chi connectivity index (χ4n) is 2.83. The highest BCUT2D eigenvalue weighted by atomic mass is 16.2. The summed E-state index contributed by atoms with van der Waals surface area (Å²) in [6.45, 7) is 4.31. The monoisotopic (exact) mass is 303 g/mol. The van der Waals surface area contributed by atoms with Crippen molar-refractivity contribution in [1.82, 2.24) is 16.0 Å². The number of nitrogens with one attached hydrogen (secondary N) is 3. The van der Waals surface area contributed by atoms with E-state index >= 15 is 0 Å². The zero-order valence-corrected chi connectivity index (χ0v) is 13.3. The van der Waals surface area contributed by atoms with E-state index in [2.05, 4.69) is 16.0 Å². The molecule has 2 rings (SSSR count). The van der Waals surface area contributed by atoms with Crippen molar-refractivity contribution in [3.8, 4) is 0 Å². The molecule has 0 radical (unpaired) electrons. The lowest BCUT2D eigenvalue weighted by atomic mass is 9.96. The molecule has 0 aromatic heterocycles. The smallest absolute Gasteiger partial charge is 0.315 e. The molecule has 120 valence electrons. The molecule has 1 aromatic rings. The van der Waals surface area contributed by atoms with E-state index in [0.29, 0.717) is 19.4 Å². The molecule has 0 saturated heterocycles. The van der Waals surface area contributed by atoms with Gasteiger partial charge in [0.2, 0.25) is 5.91 Å². The number of amides is 3. The summed E-state index contributed by atoms with van der Waals surface area (Å²) < 4.78 is 0. The lowest BCUT2D eigenvalue weighted by molar-refractivity contribution is -0.127. The van der Waals surface area contributed by atoms with Gasteiger partial charge in [0, 0.05) is 12.6 Å². The third-order valence-corrected chi connectivity index (χ3v) is 3.96. The van der Waals surface area contributed by atoms with Crippen LogP contribution in [-0.4, -0.2) is 23.5 Å². The van der Waals surface area contributed by atoms with Crippen LogP contribution in [0.4, 0.5) is 4.79 Å². The fraction of sp³-hybridized carbons (Fsp3) is 0.529. The number of benzene rings is 1. The highest BCUT2D eigenvalue weighted by Gasteiger charge is 2.42. The summed E-state index contributed by atoms with van der Waals surface area (Å²) >= 11 is 0. The van der Waals surface area contributed by atoms with Gasteiger partial charge in [-0.25, -0.2) is 4.79 Å². The molecule has 3 amide bonds. The number of carbonyl (C=O) groups is 2. The molecule has 0 bridgehead atoms. The fourth-order valence-corrected chi connectivity index (χ4v) is 2.83. The van der Waals surface area contributed by atoms with Crippen LogP contribution in [0.3, 0.4) is 0 Å². The van der Waals surface area contributed by atoms with E-state index in [4.69, 9.17) is 0 Å². The van der Waals surface area contributed by atoms with E-state index in [-0.39, 0.29) is 18.0 Å². The molecule has 5 nitrogen and oxygen atoms in total. The minimum absolute atomic E-state index is 0.0687. The second-order valence-electron chi connectivity index (χ2n) is 6.21. The molecule has 1 saturated carbocycles. The summed E-state index contributed by atoms with van der Waals surface area (Å²) in [6.07, 6.45) is 3.32. The third kappa shape index (κ3) is 4.23. The van der Waals surface area contributed by atoms with Crippen LogP contribution in [0.2, 0.25) is 0 Å². The van der Waals surface area contributed by atoms with Gasteiger partial charge in [-0.05, 0) is 32.3 Å². The van der Waals surface area contributed by atoms with Crippen LogP contribution in [0.5, 0.6) is 0 Å². The van der Waals surface area contributed by atoms with Crippen molar-refractivity contribution >= 4 is 11.9 Å². The molecule has 22 heavy (non-hydrogen) atoms. The molecule has 0 aliphatic heterocycles. The van der Waals surface area contributed by atoms with E-state index in [0.717, 1.165) is 18.4 Å². The lowest BCUT2D eigenvalue weighted by Gasteiger charge is -2.30. The maximum atomic E-state index is 12.4. The second kappa shape index (κ2) is 7.29. The minimum Gasteiger partial charge on any atom is -0.352 e. The summed E-state index contributed by atoms with van der Waals surface area (Å²) in [5.41, 5.74) is 0.273. The largest absolute Gasteiger partial charge is 0.352 e. The van der Waals surface area contributed by atoms with Gasteiger partial charge in [0.25, 0.3) is 0 Å². The van der Waals surface area contributed by atoms with Gasteiger partial charge in [0.15, 0.2) is 0 Å². The van der Waals surface area contributed by atoms with Gasteiger partial charge in [-0.3, -0.25) is 4.79 Å². The van der Waals surface area contributed by atoms with E-state index in [9.17, 15) is 9.59 Å². The number of hydrogen-bond donors (Lipinski definition) is 3. The van der Waals surface area contributed by atoms with E-state index in [1.54, 1.807) is 0 Å². The van der Waals surface area contributed by atoms with E-state index in [1.807, 2.05) is 44.2 Å². The Kier molecular flexibility index (Phi) is 5.41. The summed E-state index contributed by atoms with van der Waals surface area (Å²) in [5.74, 6) is -0.0742. The Hall–Kier alpha value is -2.04. The van der Waals surface area contributed by atoms with Gasteiger partial charge in [0.05, 0.1) is 0 Å². The van der Waals surface area contributed by atoms with Crippen molar-refractivity contribution in [2.24, 2.45) is 0 Å². The topological polar surface area (TPSA) is 70.2 Å². The summed E-state index contributed by atoms with van der Waals surface area (Å²) in [5, 5.41) is 8.66. The minimum atomic E-state index is -0.759. The average molecular weight is 303 g/mol. The molecule has 0 heterocycles. The van der Waals surface area contributed by atoms with Crippen LogP contribution < -0.4 is 16.0 Å². The van der Waals surface area contributed by atoms with E-state index in [1.165, 1.54) is 0 Å². The molecule has 1 aliphatic carbocycles. The molecular formula is C17H25N3O2. The highest BCUT2D eigenvalue weighted by molar-refractivity contribution is 5.91. The molecular weight excluding hydrogens is 278 g/mol. The molecule has 5 heteroatoms. The van der Waals surface area contributed by atoms with Crippen LogP contribution in [-0.2, 0) is 11.3 Å².